The fraction of sp³-hybridized carbons (Fsp3) is 0. The van der Waals surface area contributed by atoms with Crippen molar-refractivity contribution in [2.24, 2.45) is 0 Å². The molecule has 9 rings (SSSR count). The van der Waals surface area contributed by atoms with Crippen LogP contribution >= 0.6 is 18.5 Å². The molecule has 222 valence electrons. The smallest absolute Gasteiger partial charge is 0.171 e. The number of benzene rings is 7. The van der Waals surface area contributed by atoms with Crippen LogP contribution < -0.4 is 15.9 Å². The molecule has 0 atom stereocenters. The zero-order valence-electron chi connectivity index (χ0n) is 25.4. The molecule has 0 N–H and O–H groups in total. The molecule has 0 aliphatic carbocycles. The Balaban J connectivity index is 1.23. The number of thiophene rings is 1. The van der Waals surface area contributed by atoms with Crippen LogP contribution in [0.5, 0.6) is 0 Å². The first-order chi connectivity index (χ1) is 23.2. The summed E-state index contributed by atoms with van der Waals surface area (Å²) in [6.45, 7) is 0. The second-order valence-electron chi connectivity index (χ2n) is 11.8. The zero-order valence-corrected chi connectivity index (χ0v) is 27.1. The van der Waals surface area contributed by atoms with E-state index >= 15 is 0 Å². The lowest BCUT2D eigenvalue weighted by molar-refractivity contribution is 0.592. The van der Waals surface area contributed by atoms with Crippen LogP contribution in [0.1, 0.15) is 0 Å². The lowest BCUT2D eigenvalue weighted by atomic mass is 9.96. The van der Waals surface area contributed by atoms with Gasteiger partial charge in [-0.25, -0.2) is 4.98 Å². The van der Waals surface area contributed by atoms with Crippen molar-refractivity contribution in [3.05, 3.63) is 170 Å². The van der Waals surface area contributed by atoms with Crippen molar-refractivity contribution in [3.8, 4) is 22.4 Å². The predicted octanol–water partition coefficient (Wildman–Crippen LogP) is 10.7. The minimum atomic E-state index is -3.04. The van der Waals surface area contributed by atoms with E-state index < -0.39 is 7.14 Å². The number of rotatable bonds is 5. The van der Waals surface area contributed by atoms with Gasteiger partial charge in [-0.2, -0.15) is 0 Å². The minimum absolute atomic E-state index is 0.821. The van der Waals surface area contributed by atoms with Crippen LogP contribution in [0.25, 0.3) is 64.2 Å². The van der Waals surface area contributed by atoms with Crippen LogP contribution in [0, 0.1) is 0 Å². The van der Waals surface area contributed by atoms with E-state index in [-0.39, 0.29) is 0 Å². The molecule has 7 aromatic carbocycles. The number of fused-ring (bicyclic) bond motifs is 7. The molecule has 2 nitrogen and oxygen atoms in total. The highest BCUT2D eigenvalue weighted by Crippen LogP contribution is 2.45. The predicted molar refractivity (Wildman–Crippen MR) is 202 cm³/mol. The van der Waals surface area contributed by atoms with E-state index in [9.17, 15) is 4.57 Å². The molecule has 0 fully saturated rings. The lowest BCUT2D eigenvalue weighted by Gasteiger charge is -2.20. The number of aromatic nitrogens is 1. The normalized spacial score (nSPS) is 11.9. The maximum absolute atomic E-state index is 14.9. The summed E-state index contributed by atoms with van der Waals surface area (Å²) in [5.41, 5.74) is 5.19. The van der Waals surface area contributed by atoms with Crippen LogP contribution in [-0.4, -0.2) is 4.98 Å². The van der Waals surface area contributed by atoms with Crippen LogP contribution in [0.2, 0.25) is 0 Å². The standard InChI is InChI=1S/C43H28NOPS/c45-46(32-14-6-2-7-15-32,33-16-8-3-9-17-33)34-23-20-29(21-24-34)31-22-25-37-39(28-31)44-42(30-12-4-1-5-13-30)38-27-26-36-35-18-10-11-19-40(35)47-43(36)41(37)38/h1-28H. The van der Waals surface area contributed by atoms with E-state index in [2.05, 4.69) is 91.0 Å². The maximum Gasteiger partial charge on any atom is 0.171 e. The Morgan fingerprint density at radius 3 is 1.70 bits per heavy atom. The maximum atomic E-state index is 14.9. The second-order valence-corrected chi connectivity index (χ2v) is 15.7. The zero-order chi connectivity index (χ0) is 31.4. The second kappa shape index (κ2) is 11.2. The van der Waals surface area contributed by atoms with Crippen LogP contribution in [0.4, 0.5) is 0 Å². The Labute approximate surface area is 277 Å². The largest absolute Gasteiger partial charge is 0.309 e. The third-order valence-electron chi connectivity index (χ3n) is 9.15. The average molecular weight is 638 g/mol. The lowest BCUT2D eigenvalue weighted by Crippen LogP contribution is -2.24. The highest BCUT2D eigenvalue weighted by molar-refractivity contribution is 7.85. The molecule has 9 aromatic rings. The molecule has 0 aliphatic rings. The van der Waals surface area contributed by atoms with Gasteiger partial charge in [0.25, 0.3) is 0 Å². The fourth-order valence-electron chi connectivity index (χ4n) is 6.85. The van der Waals surface area contributed by atoms with Gasteiger partial charge in [0.2, 0.25) is 0 Å². The highest BCUT2D eigenvalue weighted by atomic mass is 32.1. The highest BCUT2D eigenvalue weighted by Gasteiger charge is 2.29. The average Bonchev–Trinajstić information content (AvgIpc) is 3.54. The fourth-order valence-corrected chi connectivity index (χ4v) is 10.8. The SMILES string of the molecule is O=P(c1ccccc1)(c1ccccc1)c1ccc(-c2ccc3c(c2)nc(-c2ccccc2)c2ccc4c5ccccc5sc4c23)cc1. The summed E-state index contributed by atoms with van der Waals surface area (Å²) in [5.74, 6) is 0. The van der Waals surface area contributed by atoms with Crippen molar-refractivity contribution < 1.29 is 4.57 Å². The van der Waals surface area contributed by atoms with Crippen molar-refractivity contribution in [2.45, 2.75) is 0 Å². The molecule has 0 spiro atoms. The van der Waals surface area contributed by atoms with Gasteiger partial charge in [-0.1, -0.05) is 158 Å². The van der Waals surface area contributed by atoms with Gasteiger partial charge in [0, 0.05) is 57.8 Å². The first kappa shape index (κ1) is 27.9. The van der Waals surface area contributed by atoms with Crippen LogP contribution in [-0.2, 0) is 4.57 Å². The van der Waals surface area contributed by atoms with Crippen LogP contribution in [0.15, 0.2) is 170 Å². The van der Waals surface area contributed by atoms with E-state index in [1.165, 1.54) is 25.6 Å². The molecule has 0 radical (unpaired) electrons. The monoisotopic (exact) mass is 637 g/mol. The number of nitrogens with zero attached hydrogens (tertiary/aromatic N) is 1. The van der Waals surface area contributed by atoms with Gasteiger partial charge in [0.1, 0.15) is 0 Å². The van der Waals surface area contributed by atoms with Crippen molar-refractivity contribution >= 4 is 76.2 Å². The van der Waals surface area contributed by atoms with Crippen molar-refractivity contribution in [1.29, 1.82) is 0 Å². The van der Waals surface area contributed by atoms with E-state index in [0.29, 0.717) is 0 Å². The molecule has 2 aromatic heterocycles. The Morgan fingerprint density at radius 1 is 0.447 bits per heavy atom. The van der Waals surface area contributed by atoms with E-state index in [1.807, 2.05) is 90.2 Å². The van der Waals surface area contributed by atoms with Gasteiger partial charge >= 0.3 is 0 Å². The van der Waals surface area contributed by atoms with E-state index in [0.717, 1.165) is 54.6 Å². The van der Waals surface area contributed by atoms with Gasteiger partial charge in [0.15, 0.2) is 7.14 Å². The third kappa shape index (κ3) is 4.54. The van der Waals surface area contributed by atoms with Gasteiger partial charge in [-0.05, 0) is 23.3 Å². The summed E-state index contributed by atoms with van der Waals surface area (Å²) in [7, 11) is -3.04. The third-order valence-corrected chi connectivity index (χ3v) is 13.4. The Morgan fingerprint density at radius 2 is 1.00 bits per heavy atom. The van der Waals surface area contributed by atoms with Crippen molar-refractivity contribution in [3.63, 3.8) is 0 Å². The van der Waals surface area contributed by atoms with E-state index in [4.69, 9.17) is 4.98 Å². The Hall–Kier alpha value is -5.34. The molecule has 4 heteroatoms. The van der Waals surface area contributed by atoms with Gasteiger partial charge < -0.3 is 4.57 Å². The quantitative estimate of drug-likeness (QED) is 0.139. The van der Waals surface area contributed by atoms with Crippen molar-refractivity contribution in [1.82, 2.24) is 4.98 Å². The summed E-state index contributed by atoms with van der Waals surface area (Å²) >= 11 is 1.86. The molecule has 0 unspecified atom stereocenters. The topological polar surface area (TPSA) is 30.0 Å². The Kier molecular flexibility index (Phi) is 6.64. The Bertz CT molecular complexity index is 2590. The molecule has 0 aliphatic heterocycles. The number of pyridine rings is 1. The minimum Gasteiger partial charge on any atom is -0.309 e. The molecule has 0 saturated carbocycles. The van der Waals surface area contributed by atoms with Gasteiger partial charge in [-0.3, -0.25) is 0 Å². The summed E-state index contributed by atoms with van der Waals surface area (Å²) < 4.78 is 17.5. The van der Waals surface area contributed by atoms with Crippen LogP contribution in [0.3, 0.4) is 0 Å². The molecule has 47 heavy (non-hydrogen) atoms. The molecule has 0 amide bonds. The first-order valence-electron chi connectivity index (χ1n) is 15.7. The molecular formula is C43H28NOPS. The summed E-state index contributed by atoms with van der Waals surface area (Å²) in [6.07, 6.45) is 0. The molecule has 0 saturated heterocycles. The van der Waals surface area contributed by atoms with Crippen molar-refractivity contribution in [2.75, 3.05) is 0 Å². The number of hydrogen-bond donors (Lipinski definition) is 0. The van der Waals surface area contributed by atoms with Gasteiger partial charge in [-0.15, -0.1) is 11.3 Å². The van der Waals surface area contributed by atoms with Gasteiger partial charge in [0.05, 0.1) is 11.2 Å². The summed E-state index contributed by atoms with van der Waals surface area (Å²) in [5, 5.41) is 8.63. The summed E-state index contributed by atoms with van der Waals surface area (Å²) in [6, 6.07) is 58.2. The summed E-state index contributed by atoms with van der Waals surface area (Å²) in [4.78, 5) is 5.32. The molecule has 0 bridgehead atoms. The number of hydrogen-bond acceptors (Lipinski definition) is 3. The molecule has 2 heterocycles. The first-order valence-corrected chi connectivity index (χ1v) is 18.3. The molecular weight excluding hydrogens is 610 g/mol. The van der Waals surface area contributed by atoms with E-state index in [1.54, 1.807) is 0 Å².